The van der Waals surface area contributed by atoms with Crippen LogP contribution in [-0.4, -0.2) is 21.1 Å². The van der Waals surface area contributed by atoms with Gasteiger partial charge in [-0.1, -0.05) is 13.8 Å². The smallest absolute Gasteiger partial charge is 0.161 e. The van der Waals surface area contributed by atoms with E-state index in [9.17, 15) is 0 Å². The predicted octanol–water partition coefficient (Wildman–Crippen LogP) is 2.35. The second-order valence-corrected chi connectivity index (χ2v) is 5.75. The molecular formula is C14H22N4. The normalized spacial score (nSPS) is 12.2. The van der Waals surface area contributed by atoms with Crippen molar-refractivity contribution < 1.29 is 0 Å². The minimum Gasteiger partial charge on any atom is -0.330 e. The SMILES string of the molecule is Cc1ccn2c(CCC(C)(C)CCN)nnc2c1. The first kappa shape index (κ1) is 13.0. The number of nitrogens with zero attached hydrogens (tertiary/aromatic N) is 3. The van der Waals surface area contributed by atoms with Crippen molar-refractivity contribution in [2.24, 2.45) is 11.1 Å². The molecule has 0 aliphatic carbocycles. The number of aromatic nitrogens is 3. The fourth-order valence-electron chi connectivity index (χ4n) is 2.18. The second-order valence-electron chi connectivity index (χ2n) is 5.75. The molecule has 0 amide bonds. The van der Waals surface area contributed by atoms with E-state index in [-0.39, 0.29) is 5.41 Å². The molecule has 2 aromatic heterocycles. The Balaban J connectivity index is 2.13. The van der Waals surface area contributed by atoms with Crippen molar-refractivity contribution in [2.75, 3.05) is 6.54 Å². The van der Waals surface area contributed by atoms with Gasteiger partial charge in [-0.25, -0.2) is 0 Å². The van der Waals surface area contributed by atoms with Crippen LogP contribution in [0.25, 0.3) is 5.65 Å². The standard InChI is InChI=1S/C14H22N4/c1-11-5-9-18-12(16-17-13(18)10-11)4-6-14(2,3)7-8-15/h5,9-10H,4,6-8,15H2,1-3H3. The van der Waals surface area contributed by atoms with Gasteiger partial charge in [0.25, 0.3) is 0 Å². The highest BCUT2D eigenvalue weighted by Crippen LogP contribution is 2.26. The third kappa shape index (κ3) is 2.88. The Morgan fingerprint density at radius 1 is 1.28 bits per heavy atom. The molecule has 4 heteroatoms. The van der Waals surface area contributed by atoms with Crippen LogP contribution >= 0.6 is 0 Å². The molecule has 0 fully saturated rings. The summed E-state index contributed by atoms with van der Waals surface area (Å²) in [5.41, 5.74) is 8.05. The third-order valence-corrected chi connectivity index (χ3v) is 3.48. The van der Waals surface area contributed by atoms with Crippen LogP contribution in [0.1, 0.15) is 38.1 Å². The first-order valence-electron chi connectivity index (χ1n) is 6.52. The number of pyridine rings is 1. The predicted molar refractivity (Wildman–Crippen MR) is 73.5 cm³/mol. The third-order valence-electron chi connectivity index (χ3n) is 3.48. The van der Waals surface area contributed by atoms with E-state index >= 15 is 0 Å². The van der Waals surface area contributed by atoms with Gasteiger partial charge in [-0.3, -0.25) is 4.40 Å². The van der Waals surface area contributed by atoms with Crippen molar-refractivity contribution >= 4 is 5.65 Å². The van der Waals surface area contributed by atoms with E-state index in [0.29, 0.717) is 0 Å². The fourth-order valence-corrected chi connectivity index (χ4v) is 2.18. The van der Waals surface area contributed by atoms with Gasteiger partial charge in [-0.05, 0) is 49.4 Å². The molecule has 4 nitrogen and oxygen atoms in total. The zero-order valence-corrected chi connectivity index (χ0v) is 11.5. The van der Waals surface area contributed by atoms with E-state index in [4.69, 9.17) is 5.73 Å². The van der Waals surface area contributed by atoms with E-state index in [1.54, 1.807) is 0 Å². The monoisotopic (exact) mass is 246 g/mol. The molecule has 2 N–H and O–H groups in total. The summed E-state index contributed by atoms with van der Waals surface area (Å²) in [4.78, 5) is 0. The summed E-state index contributed by atoms with van der Waals surface area (Å²) in [5.74, 6) is 1.04. The maximum atomic E-state index is 5.64. The van der Waals surface area contributed by atoms with Crippen LogP contribution < -0.4 is 5.73 Å². The summed E-state index contributed by atoms with van der Waals surface area (Å²) in [6.45, 7) is 7.33. The van der Waals surface area contributed by atoms with E-state index in [2.05, 4.69) is 53.7 Å². The summed E-state index contributed by atoms with van der Waals surface area (Å²) in [7, 11) is 0. The molecule has 0 aromatic carbocycles. The minimum absolute atomic E-state index is 0.269. The van der Waals surface area contributed by atoms with Crippen molar-refractivity contribution in [2.45, 2.75) is 40.0 Å². The zero-order valence-electron chi connectivity index (χ0n) is 11.5. The Morgan fingerprint density at radius 3 is 2.78 bits per heavy atom. The second kappa shape index (κ2) is 5.06. The quantitative estimate of drug-likeness (QED) is 0.881. The number of hydrogen-bond acceptors (Lipinski definition) is 3. The van der Waals surface area contributed by atoms with Gasteiger partial charge in [0.15, 0.2) is 5.65 Å². The molecule has 0 spiro atoms. The van der Waals surface area contributed by atoms with E-state index in [0.717, 1.165) is 37.3 Å². The van der Waals surface area contributed by atoms with Crippen LogP contribution in [0.15, 0.2) is 18.3 Å². The summed E-state index contributed by atoms with van der Waals surface area (Å²) >= 11 is 0. The van der Waals surface area contributed by atoms with Crippen LogP contribution in [0.5, 0.6) is 0 Å². The van der Waals surface area contributed by atoms with E-state index < -0.39 is 0 Å². The summed E-state index contributed by atoms with van der Waals surface area (Å²) in [6.07, 6.45) is 5.12. The lowest BCUT2D eigenvalue weighted by molar-refractivity contribution is 0.310. The molecule has 98 valence electrons. The van der Waals surface area contributed by atoms with Crippen molar-refractivity contribution in [1.29, 1.82) is 0 Å². The molecule has 2 aromatic rings. The molecule has 0 saturated heterocycles. The number of fused-ring (bicyclic) bond motifs is 1. The maximum Gasteiger partial charge on any atom is 0.161 e. The average Bonchev–Trinajstić information content (AvgIpc) is 2.68. The molecule has 0 aliphatic rings. The van der Waals surface area contributed by atoms with Gasteiger partial charge in [0, 0.05) is 12.6 Å². The number of rotatable bonds is 5. The highest BCUT2D eigenvalue weighted by Gasteiger charge is 2.18. The van der Waals surface area contributed by atoms with Gasteiger partial charge < -0.3 is 5.73 Å². The van der Waals surface area contributed by atoms with Gasteiger partial charge in [-0.2, -0.15) is 0 Å². The Bertz CT molecular complexity index is 528. The Kier molecular flexibility index (Phi) is 3.66. The first-order chi connectivity index (χ1) is 8.52. The molecular weight excluding hydrogens is 224 g/mol. The zero-order chi connectivity index (χ0) is 13.2. The number of aryl methyl sites for hydroxylation is 2. The van der Waals surface area contributed by atoms with Crippen molar-refractivity contribution in [1.82, 2.24) is 14.6 Å². The topological polar surface area (TPSA) is 56.2 Å². The molecule has 2 rings (SSSR count). The van der Waals surface area contributed by atoms with Crippen LogP contribution in [0.4, 0.5) is 0 Å². The molecule has 0 bridgehead atoms. The average molecular weight is 246 g/mol. The van der Waals surface area contributed by atoms with Gasteiger partial charge in [0.05, 0.1) is 0 Å². The molecule has 18 heavy (non-hydrogen) atoms. The summed E-state index contributed by atoms with van der Waals surface area (Å²) in [6, 6.07) is 4.15. The van der Waals surface area contributed by atoms with Crippen molar-refractivity contribution in [3.05, 3.63) is 29.7 Å². The van der Waals surface area contributed by atoms with Gasteiger partial charge in [0.1, 0.15) is 5.82 Å². The molecule has 0 unspecified atom stereocenters. The van der Waals surface area contributed by atoms with E-state index in [1.807, 2.05) is 0 Å². The summed E-state index contributed by atoms with van der Waals surface area (Å²) < 4.78 is 2.07. The molecule has 0 atom stereocenters. The van der Waals surface area contributed by atoms with Gasteiger partial charge in [-0.15, -0.1) is 10.2 Å². The Labute approximate surface area is 108 Å². The van der Waals surface area contributed by atoms with Crippen LogP contribution in [0.3, 0.4) is 0 Å². The lowest BCUT2D eigenvalue weighted by Crippen LogP contribution is -2.18. The number of nitrogens with two attached hydrogens (primary N) is 1. The Morgan fingerprint density at radius 2 is 2.06 bits per heavy atom. The van der Waals surface area contributed by atoms with Crippen LogP contribution in [0, 0.1) is 12.3 Å². The molecule has 2 heterocycles. The molecule has 0 saturated carbocycles. The largest absolute Gasteiger partial charge is 0.330 e. The van der Waals surface area contributed by atoms with Gasteiger partial charge in [0.2, 0.25) is 0 Å². The van der Waals surface area contributed by atoms with Crippen LogP contribution in [0.2, 0.25) is 0 Å². The molecule has 0 aliphatic heterocycles. The minimum atomic E-state index is 0.269. The van der Waals surface area contributed by atoms with Crippen LogP contribution in [-0.2, 0) is 6.42 Å². The maximum absolute atomic E-state index is 5.64. The lowest BCUT2D eigenvalue weighted by atomic mass is 9.84. The fraction of sp³-hybridized carbons (Fsp3) is 0.571. The van der Waals surface area contributed by atoms with Gasteiger partial charge >= 0.3 is 0 Å². The summed E-state index contributed by atoms with van der Waals surface area (Å²) in [5, 5.41) is 8.50. The highest BCUT2D eigenvalue weighted by molar-refractivity contribution is 5.40. The lowest BCUT2D eigenvalue weighted by Gasteiger charge is -2.23. The van der Waals surface area contributed by atoms with Crippen molar-refractivity contribution in [3.63, 3.8) is 0 Å². The van der Waals surface area contributed by atoms with E-state index in [1.165, 1.54) is 5.56 Å². The van der Waals surface area contributed by atoms with Crippen molar-refractivity contribution in [3.8, 4) is 0 Å². The molecule has 0 radical (unpaired) electrons. The highest BCUT2D eigenvalue weighted by atomic mass is 15.2. The number of hydrogen-bond donors (Lipinski definition) is 1. The Hall–Kier alpha value is -1.42. The first-order valence-corrected chi connectivity index (χ1v) is 6.52.